The highest BCUT2D eigenvalue weighted by Crippen LogP contribution is 2.37. The summed E-state index contributed by atoms with van der Waals surface area (Å²) >= 11 is 5.61. The van der Waals surface area contributed by atoms with E-state index >= 15 is 0 Å². The van der Waals surface area contributed by atoms with Crippen molar-refractivity contribution in [3.63, 3.8) is 0 Å². The zero-order valence-electron chi connectivity index (χ0n) is 13.7. The van der Waals surface area contributed by atoms with Gasteiger partial charge in [0.25, 0.3) is 5.91 Å². The number of benzene rings is 2. The van der Waals surface area contributed by atoms with Crippen LogP contribution in [0, 0.1) is 5.82 Å². The zero-order valence-corrected chi connectivity index (χ0v) is 14.5. The summed E-state index contributed by atoms with van der Waals surface area (Å²) in [5.41, 5.74) is -1.49. The number of anilines is 1. The van der Waals surface area contributed by atoms with Crippen molar-refractivity contribution in [1.82, 2.24) is 4.57 Å². The molecule has 0 unspecified atom stereocenters. The zero-order chi connectivity index (χ0) is 19.9. The third kappa shape index (κ3) is 3.66. The number of carbonyl (C=O) groups excluding carboxylic acids is 2. The molecule has 0 bridgehead atoms. The Hall–Kier alpha value is -2.87. The van der Waals surface area contributed by atoms with Crippen LogP contribution in [0.15, 0.2) is 42.6 Å². The molecular formula is C18H11ClF4N2O2. The van der Waals surface area contributed by atoms with Crippen LogP contribution in [0.3, 0.4) is 0 Å². The normalized spacial score (nSPS) is 11.6. The van der Waals surface area contributed by atoms with Crippen LogP contribution in [0.2, 0.25) is 5.02 Å². The predicted octanol–water partition coefficient (Wildman–Crippen LogP) is 5.37. The first-order valence-corrected chi connectivity index (χ1v) is 7.95. The summed E-state index contributed by atoms with van der Waals surface area (Å²) < 4.78 is 54.3. The van der Waals surface area contributed by atoms with Gasteiger partial charge in [0.2, 0.25) is 5.91 Å². The van der Waals surface area contributed by atoms with E-state index in [2.05, 4.69) is 5.32 Å². The summed E-state index contributed by atoms with van der Waals surface area (Å²) in [5, 5.41) is 2.12. The molecule has 4 nitrogen and oxygen atoms in total. The minimum atomic E-state index is -4.74. The summed E-state index contributed by atoms with van der Waals surface area (Å²) in [6, 6.07) is 6.38. The smallest absolute Gasteiger partial charge is 0.321 e. The van der Waals surface area contributed by atoms with Gasteiger partial charge < -0.3 is 5.32 Å². The Bertz CT molecular complexity index is 1070. The van der Waals surface area contributed by atoms with Crippen LogP contribution < -0.4 is 5.32 Å². The second-order valence-corrected chi connectivity index (χ2v) is 6.17. The van der Waals surface area contributed by atoms with Crippen molar-refractivity contribution in [2.75, 3.05) is 5.32 Å². The number of nitrogens with one attached hydrogen (secondary N) is 1. The first-order valence-electron chi connectivity index (χ1n) is 7.57. The molecule has 0 fully saturated rings. The quantitative estimate of drug-likeness (QED) is 0.590. The van der Waals surface area contributed by atoms with Gasteiger partial charge in [0.05, 0.1) is 22.3 Å². The third-order valence-corrected chi connectivity index (χ3v) is 4.12. The second kappa shape index (κ2) is 6.70. The summed E-state index contributed by atoms with van der Waals surface area (Å²) in [5.74, 6) is -2.01. The Balaban J connectivity index is 2.08. The molecule has 0 radical (unpaired) electrons. The molecule has 1 amide bonds. The molecule has 27 heavy (non-hydrogen) atoms. The highest BCUT2D eigenvalue weighted by Gasteiger charge is 2.34. The molecule has 9 heteroatoms. The van der Waals surface area contributed by atoms with Crippen LogP contribution in [-0.2, 0) is 6.18 Å². The number of hydrogen-bond acceptors (Lipinski definition) is 2. The minimum absolute atomic E-state index is 0.102. The highest BCUT2D eigenvalue weighted by molar-refractivity contribution is 6.30. The predicted molar refractivity (Wildman–Crippen MR) is 92.6 cm³/mol. The molecule has 3 rings (SSSR count). The van der Waals surface area contributed by atoms with Crippen molar-refractivity contribution in [1.29, 1.82) is 0 Å². The maximum Gasteiger partial charge on any atom is 0.418 e. The van der Waals surface area contributed by atoms with Gasteiger partial charge in [0.1, 0.15) is 5.82 Å². The van der Waals surface area contributed by atoms with Crippen molar-refractivity contribution < 1.29 is 27.2 Å². The second-order valence-electron chi connectivity index (χ2n) is 5.74. The molecule has 0 spiro atoms. The summed E-state index contributed by atoms with van der Waals surface area (Å²) in [6.07, 6.45) is -3.59. The minimum Gasteiger partial charge on any atom is -0.321 e. The van der Waals surface area contributed by atoms with Crippen molar-refractivity contribution in [2.45, 2.75) is 13.1 Å². The highest BCUT2D eigenvalue weighted by atomic mass is 35.5. The number of hydrogen-bond donors (Lipinski definition) is 1. The lowest BCUT2D eigenvalue weighted by molar-refractivity contribution is -0.136. The Morgan fingerprint density at radius 3 is 2.44 bits per heavy atom. The van der Waals surface area contributed by atoms with Crippen LogP contribution in [0.4, 0.5) is 23.2 Å². The van der Waals surface area contributed by atoms with Gasteiger partial charge in [-0.3, -0.25) is 14.2 Å². The number of carbonyl (C=O) groups is 2. The third-order valence-electron chi connectivity index (χ3n) is 3.89. The fourth-order valence-electron chi connectivity index (χ4n) is 2.69. The molecule has 1 N–H and O–H groups in total. The number of fused-ring (bicyclic) bond motifs is 1. The van der Waals surface area contributed by atoms with Gasteiger partial charge in [0, 0.05) is 23.5 Å². The van der Waals surface area contributed by atoms with Crippen molar-refractivity contribution in [3.8, 4) is 0 Å². The number of halogens is 5. The van der Waals surface area contributed by atoms with Gasteiger partial charge in [-0.15, -0.1) is 0 Å². The van der Waals surface area contributed by atoms with E-state index in [1.54, 1.807) is 0 Å². The van der Waals surface area contributed by atoms with E-state index < -0.39 is 35.1 Å². The largest absolute Gasteiger partial charge is 0.418 e. The molecule has 3 aromatic rings. The fraction of sp³-hybridized carbons (Fsp3) is 0.111. The molecule has 2 aromatic carbocycles. The SMILES string of the molecule is CC(=O)n1cc(C(=O)Nc2ccc(Cl)cc2C(F)(F)F)c2cc(F)ccc21. The lowest BCUT2D eigenvalue weighted by Crippen LogP contribution is -2.16. The van der Waals surface area contributed by atoms with Crippen LogP contribution in [0.25, 0.3) is 10.9 Å². The van der Waals surface area contributed by atoms with Gasteiger partial charge in [-0.05, 0) is 36.4 Å². The maximum atomic E-state index is 13.6. The molecule has 1 heterocycles. The standard InChI is InChI=1S/C18H11ClF4N2O2/c1-9(26)25-8-13(12-7-11(20)3-5-16(12)25)17(27)24-15-4-2-10(19)6-14(15)18(21,22)23/h2-8H,1H3,(H,24,27). The van der Waals surface area contributed by atoms with Crippen LogP contribution >= 0.6 is 11.6 Å². The summed E-state index contributed by atoms with van der Waals surface area (Å²) in [4.78, 5) is 24.3. The molecular weight excluding hydrogens is 388 g/mol. The monoisotopic (exact) mass is 398 g/mol. The van der Waals surface area contributed by atoms with E-state index in [4.69, 9.17) is 11.6 Å². The van der Waals surface area contributed by atoms with Gasteiger partial charge in [-0.2, -0.15) is 13.2 Å². The van der Waals surface area contributed by atoms with E-state index in [0.717, 1.165) is 29.0 Å². The fourth-order valence-corrected chi connectivity index (χ4v) is 2.87. The topological polar surface area (TPSA) is 51.1 Å². The number of aromatic nitrogens is 1. The van der Waals surface area contributed by atoms with Crippen LogP contribution in [-0.4, -0.2) is 16.4 Å². The number of alkyl halides is 3. The van der Waals surface area contributed by atoms with Crippen molar-refractivity contribution in [2.24, 2.45) is 0 Å². The van der Waals surface area contributed by atoms with Crippen LogP contribution in [0.5, 0.6) is 0 Å². The number of nitrogens with zero attached hydrogens (tertiary/aromatic N) is 1. The van der Waals surface area contributed by atoms with Gasteiger partial charge in [-0.25, -0.2) is 4.39 Å². The lowest BCUT2D eigenvalue weighted by Gasteiger charge is -2.14. The Labute approximate surface area is 155 Å². The molecule has 0 atom stereocenters. The molecule has 0 aliphatic carbocycles. The van der Waals surface area contributed by atoms with Crippen molar-refractivity contribution >= 4 is 40.0 Å². The molecule has 0 saturated carbocycles. The first kappa shape index (κ1) is 18.9. The van der Waals surface area contributed by atoms with E-state index in [9.17, 15) is 27.2 Å². The first-order chi connectivity index (χ1) is 12.6. The number of amides is 1. The van der Waals surface area contributed by atoms with E-state index in [-0.39, 0.29) is 21.5 Å². The average molecular weight is 399 g/mol. The average Bonchev–Trinajstić information content (AvgIpc) is 2.94. The Kier molecular flexibility index (Phi) is 4.69. The van der Waals surface area contributed by atoms with E-state index in [0.29, 0.717) is 6.07 Å². The molecule has 0 saturated heterocycles. The Morgan fingerprint density at radius 2 is 1.81 bits per heavy atom. The van der Waals surface area contributed by atoms with E-state index in [1.165, 1.54) is 19.1 Å². The molecule has 0 aliphatic rings. The number of rotatable bonds is 2. The van der Waals surface area contributed by atoms with Gasteiger partial charge in [-0.1, -0.05) is 11.6 Å². The Morgan fingerprint density at radius 1 is 1.11 bits per heavy atom. The summed E-state index contributed by atoms with van der Waals surface area (Å²) in [6.45, 7) is 1.24. The van der Waals surface area contributed by atoms with Crippen molar-refractivity contribution in [3.05, 3.63) is 64.6 Å². The molecule has 140 valence electrons. The molecule has 1 aromatic heterocycles. The maximum absolute atomic E-state index is 13.6. The van der Waals surface area contributed by atoms with E-state index in [1.807, 2.05) is 0 Å². The van der Waals surface area contributed by atoms with Crippen LogP contribution in [0.1, 0.15) is 27.6 Å². The summed E-state index contributed by atoms with van der Waals surface area (Å²) in [7, 11) is 0. The van der Waals surface area contributed by atoms with Gasteiger partial charge in [0.15, 0.2) is 0 Å². The lowest BCUT2D eigenvalue weighted by atomic mass is 10.1. The molecule has 0 aliphatic heterocycles. The van der Waals surface area contributed by atoms with Gasteiger partial charge >= 0.3 is 6.18 Å².